The minimum Gasteiger partial charge on any atom is -0.462 e. The SMILES string of the molecule is CC(C)CCCCCCCCCCCCCCCCCCCCC(=O)O[C@H](COC(=O)CCC/C=C\C/C=C\C/C=C\C/C=C\CCC[C@@H](C)O)COP(=O)(O)O. The van der Waals surface area contributed by atoms with E-state index >= 15 is 0 Å². The van der Waals surface area contributed by atoms with Gasteiger partial charge in [0.15, 0.2) is 6.10 Å². The summed E-state index contributed by atoms with van der Waals surface area (Å²) in [4.78, 5) is 42.9. The van der Waals surface area contributed by atoms with Crippen molar-refractivity contribution in [3.8, 4) is 0 Å². The smallest absolute Gasteiger partial charge is 0.462 e. The molecule has 332 valence electrons. The fourth-order valence-corrected chi connectivity index (χ4v) is 6.75. The Morgan fingerprint density at radius 1 is 0.509 bits per heavy atom. The number of esters is 2. The summed E-state index contributed by atoms with van der Waals surface area (Å²) in [6.45, 7) is 5.56. The second-order valence-electron chi connectivity index (χ2n) is 16.1. The van der Waals surface area contributed by atoms with Gasteiger partial charge >= 0.3 is 19.8 Å². The number of carbonyl (C=O) groups is 2. The molecule has 0 heterocycles. The van der Waals surface area contributed by atoms with Gasteiger partial charge in [-0.3, -0.25) is 14.1 Å². The molecule has 0 aliphatic heterocycles. The molecule has 2 atom stereocenters. The minimum atomic E-state index is -4.78. The van der Waals surface area contributed by atoms with Crippen LogP contribution in [0.4, 0.5) is 0 Å². The summed E-state index contributed by atoms with van der Waals surface area (Å²) in [6.07, 6.45) is 46.9. The third-order valence-electron chi connectivity index (χ3n) is 9.80. The van der Waals surface area contributed by atoms with Gasteiger partial charge in [-0.1, -0.05) is 178 Å². The highest BCUT2D eigenvalue weighted by Crippen LogP contribution is 2.36. The average molecular weight is 825 g/mol. The number of aliphatic hydroxyl groups is 1. The molecule has 0 aromatic rings. The van der Waals surface area contributed by atoms with Crippen LogP contribution >= 0.6 is 7.82 Å². The molecule has 0 fully saturated rings. The highest BCUT2D eigenvalue weighted by atomic mass is 31.2. The number of hydrogen-bond donors (Lipinski definition) is 3. The first-order valence-corrected chi connectivity index (χ1v) is 24.4. The maximum absolute atomic E-state index is 12.4. The molecule has 0 amide bonds. The predicted octanol–water partition coefficient (Wildman–Crippen LogP) is 13.1. The zero-order valence-corrected chi connectivity index (χ0v) is 37.4. The van der Waals surface area contributed by atoms with E-state index in [9.17, 15) is 19.3 Å². The van der Waals surface area contributed by atoms with E-state index < -0.39 is 32.5 Å². The molecule has 9 nitrogen and oxygen atoms in total. The standard InChI is InChI=1S/C47H85O9P/c1-43(2)37-33-29-25-21-17-13-9-6-4-5-7-11-16-20-24-28-32-36-40-47(50)56-45(42-55-57(51,52)53)41-54-46(49)39-35-31-27-23-19-15-12-8-10-14-18-22-26-30-34-38-44(3)48/h10,12,14-15,22-23,26-27,43-45,48H,4-9,11,13,16-21,24-25,28-42H2,1-3H3,(H2,51,52,53)/b14-10-,15-12-,26-22-,27-23-/t44-,45-/m1/s1. The topological polar surface area (TPSA) is 140 Å². The number of aliphatic hydroxyl groups excluding tert-OH is 1. The Kier molecular flexibility index (Phi) is 39.3. The summed E-state index contributed by atoms with van der Waals surface area (Å²) in [6, 6.07) is 0. The van der Waals surface area contributed by atoms with Gasteiger partial charge in [0.05, 0.1) is 12.7 Å². The fraction of sp³-hybridized carbons (Fsp3) is 0.787. The summed E-state index contributed by atoms with van der Waals surface area (Å²) in [5.41, 5.74) is 0. The lowest BCUT2D eigenvalue weighted by atomic mass is 10.0. The monoisotopic (exact) mass is 825 g/mol. The van der Waals surface area contributed by atoms with Crippen LogP contribution in [0.5, 0.6) is 0 Å². The van der Waals surface area contributed by atoms with E-state index in [1.165, 1.54) is 96.3 Å². The normalized spacial score (nSPS) is 13.5. The van der Waals surface area contributed by atoms with Crippen LogP contribution in [0.1, 0.15) is 207 Å². The van der Waals surface area contributed by atoms with Gasteiger partial charge in [0.1, 0.15) is 6.61 Å². The van der Waals surface area contributed by atoms with E-state index in [-0.39, 0.29) is 25.6 Å². The number of allylic oxidation sites excluding steroid dienone is 8. The number of hydrogen-bond acceptors (Lipinski definition) is 7. The predicted molar refractivity (Wildman–Crippen MR) is 236 cm³/mol. The highest BCUT2D eigenvalue weighted by molar-refractivity contribution is 7.46. The lowest BCUT2D eigenvalue weighted by Gasteiger charge is -2.18. The molecular weight excluding hydrogens is 739 g/mol. The molecule has 0 aromatic carbocycles. The molecule has 0 radical (unpaired) electrons. The van der Waals surface area contributed by atoms with Crippen LogP contribution < -0.4 is 0 Å². The second-order valence-corrected chi connectivity index (χ2v) is 17.4. The van der Waals surface area contributed by atoms with E-state index in [2.05, 4.69) is 60.9 Å². The molecule has 10 heteroatoms. The molecule has 0 aromatic heterocycles. The molecule has 0 unspecified atom stereocenters. The maximum Gasteiger partial charge on any atom is 0.469 e. The van der Waals surface area contributed by atoms with Crippen molar-refractivity contribution in [3.05, 3.63) is 48.6 Å². The number of rotatable bonds is 41. The summed E-state index contributed by atoms with van der Waals surface area (Å²) in [7, 11) is -4.78. The first kappa shape index (κ1) is 55.0. The van der Waals surface area contributed by atoms with Crippen LogP contribution in [0.25, 0.3) is 0 Å². The van der Waals surface area contributed by atoms with Gasteiger partial charge in [-0.15, -0.1) is 0 Å². The number of carbonyl (C=O) groups excluding carboxylic acids is 2. The van der Waals surface area contributed by atoms with E-state index in [4.69, 9.17) is 19.3 Å². The van der Waals surface area contributed by atoms with Crippen molar-refractivity contribution in [1.29, 1.82) is 0 Å². The van der Waals surface area contributed by atoms with Gasteiger partial charge in [0.25, 0.3) is 0 Å². The van der Waals surface area contributed by atoms with Gasteiger partial charge in [0.2, 0.25) is 0 Å². The quantitative estimate of drug-likeness (QED) is 0.0238. The van der Waals surface area contributed by atoms with E-state index in [0.717, 1.165) is 63.7 Å². The Morgan fingerprint density at radius 2 is 0.912 bits per heavy atom. The first-order chi connectivity index (χ1) is 27.5. The number of phosphoric acid groups is 1. The van der Waals surface area contributed by atoms with Crippen LogP contribution in [-0.4, -0.2) is 52.3 Å². The molecule has 0 bridgehead atoms. The van der Waals surface area contributed by atoms with Gasteiger partial charge in [-0.05, 0) is 70.6 Å². The minimum absolute atomic E-state index is 0.180. The summed E-state index contributed by atoms with van der Waals surface area (Å²) < 4.78 is 26.4. The lowest BCUT2D eigenvalue weighted by Crippen LogP contribution is -2.29. The van der Waals surface area contributed by atoms with Crippen molar-refractivity contribution in [3.63, 3.8) is 0 Å². The number of phosphoric ester groups is 1. The molecule has 0 spiro atoms. The molecule has 0 saturated carbocycles. The van der Waals surface area contributed by atoms with E-state index in [1.807, 2.05) is 13.0 Å². The molecule has 3 N–H and O–H groups in total. The van der Waals surface area contributed by atoms with Crippen molar-refractivity contribution in [2.24, 2.45) is 5.92 Å². The van der Waals surface area contributed by atoms with Crippen LogP contribution in [-0.2, 0) is 28.2 Å². The Bertz CT molecular complexity index is 1090. The van der Waals surface area contributed by atoms with Crippen molar-refractivity contribution < 1.29 is 43.0 Å². The van der Waals surface area contributed by atoms with Crippen LogP contribution in [0.3, 0.4) is 0 Å². The fourth-order valence-electron chi connectivity index (χ4n) is 6.39. The zero-order valence-electron chi connectivity index (χ0n) is 36.5. The van der Waals surface area contributed by atoms with Crippen molar-refractivity contribution in [2.45, 2.75) is 219 Å². The largest absolute Gasteiger partial charge is 0.469 e. The number of unbranched alkanes of at least 4 members (excludes halogenated alkanes) is 19. The zero-order chi connectivity index (χ0) is 42.1. The van der Waals surface area contributed by atoms with Crippen LogP contribution in [0, 0.1) is 5.92 Å². The van der Waals surface area contributed by atoms with Crippen molar-refractivity contribution in [1.82, 2.24) is 0 Å². The van der Waals surface area contributed by atoms with Crippen molar-refractivity contribution >= 4 is 19.8 Å². The summed E-state index contributed by atoms with van der Waals surface area (Å²) in [5.74, 6) is -0.118. The number of ether oxygens (including phenoxy) is 2. The summed E-state index contributed by atoms with van der Waals surface area (Å²) in [5, 5.41) is 9.26. The van der Waals surface area contributed by atoms with Crippen LogP contribution in [0.2, 0.25) is 0 Å². The van der Waals surface area contributed by atoms with Gasteiger partial charge in [-0.2, -0.15) is 0 Å². The van der Waals surface area contributed by atoms with Gasteiger partial charge in [-0.25, -0.2) is 4.57 Å². The molecule has 0 saturated heterocycles. The second kappa shape index (κ2) is 40.7. The molecule has 0 aliphatic rings. The Hall–Kier alpha value is -2.03. The lowest BCUT2D eigenvalue weighted by molar-refractivity contribution is -0.161. The molecule has 57 heavy (non-hydrogen) atoms. The third kappa shape index (κ3) is 46.5. The Balaban J connectivity index is 3.93. The van der Waals surface area contributed by atoms with Gasteiger partial charge < -0.3 is 24.4 Å². The Labute approximate surface area is 348 Å². The van der Waals surface area contributed by atoms with E-state index in [1.54, 1.807) is 0 Å². The highest BCUT2D eigenvalue weighted by Gasteiger charge is 2.22. The first-order valence-electron chi connectivity index (χ1n) is 22.8. The molecule has 0 aliphatic carbocycles. The van der Waals surface area contributed by atoms with Crippen LogP contribution in [0.15, 0.2) is 48.6 Å². The van der Waals surface area contributed by atoms with Gasteiger partial charge in [0, 0.05) is 12.8 Å². The molecule has 0 rings (SSSR count). The molecular formula is C47H85O9P. The average Bonchev–Trinajstić information content (AvgIpc) is 3.15. The van der Waals surface area contributed by atoms with E-state index in [0.29, 0.717) is 19.3 Å². The van der Waals surface area contributed by atoms with Crippen molar-refractivity contribution in [2.75, 3.05) is 13.2 Å². The summed E-state index contributed by atoms with van der Waals surface area (Å²) >= 11 is 0. The maximum atomic E-state index is 12.4. The Morgan fingerprint density at radius 3 is 1.35 bits per heavy atom. The third-order valence-corrected chi connectivity index (χ3v) is 10.3.